The van der Waals surface area contributed by atoms with E-state index in [4.69, 9.17) is 9.26 Å². The molecule has 0 fully saturated rings. The molecule has 0 amide bonds. The van der Waals surface area contributed by atoms with Crippen molar-refractivity contribution in [1.29, 1.82) is 5.26 Å². The predicted molar refractivity (Wildman–Crippen MR) is 341 cm³/mol. The van der Waals surface area contributed by atoms with Gasteiger partial charge < -0.3 is 13.6 Å². The largest absolute Gasteiger partial charge is 0.454 e. The maximum absolute atomic E-state index is 12.6. The van der Waals surface area contributed by atoms with Crippen molar-refractivity contribution in [3.8, 4) is 62.0 Å². The summed E-state index contributed by atoms with van der Waals surface area (Å²) in [6.45, 7) is 9.88. The normalized spacial score (nSPS) is 11.9. The van der Waals surface area contributed by atoms with Gasteiger partial charge in [0.1, 0.15) is 11.7 Å². The molecule has 17 rings (SSSR count). The highest BCUT2D eigenvalue weighted by molar-refractivity contribution is 7.27. The maximum Gasteiger partial charge on any atom is 0.220 e. The highest BCUT2D eigenvalue weighted by Gasteiger charge is 2.34. The first-order valence-electron chi connectivity index (χ1n) is 27.0. The Kier molecular flexibility index (Phi) is 9.82. The molecule has 5 nitrogen and oxygen atoms in total. The smallest absolute Gasteiger partial charge is 0.220 e. The molecule has 0 unspecified atom stereocenters. The van der Waals surface area contributed by atoms with E-state index in [0.29, 0.717) is 28.2 Å². The van der Waals surface area contributed by atoms with Gasteiger partial charge in [-0.05, 0) is 75.8 Å². The predicted octanol–water partition coefficient (Wildman–Crippen LogP) is 21.6. The first kappa shape index (κ1) is 45.5. The number of nitriles is 1. The number of para-hydroxylation sites is 2. The zero-order chi connectivity index (χ0) is 53.4. The van der Waals surface area contributed by atoms with Gasteiger partial charge in [-0.25, -0.2) is 4.85 Å². The van der Waals surface area contributed by atoms with E-state index >= 15 is 0 Å². The van der Waals surface area contributed by atoms with Crippen molar-refractivity contribution in [2.45, 2.75) is 0 Å². The summed E-state index contributed by atoms with van der Waals surface area (Å²) in [5.74, 6) is 0. The molecule has 374 valence electrons. The Morgan fingerprint density at radius 3 is 1.44 bits per heavy atom. The fraction of sp³-hybridized carbons (Fsp3) is 0. The summed E-state index contributed by atoms with van der Waals surface area (Å²) in [6.07, 6.45) is 0. The van der Waals surface area contributed by atoms with Crippen LogP contribution in [-0.2, 0) is 0 Å². The molecule has 0 saturated heterocycles. The first-order valence-corrected chi connectivity index (χ1v) is 28.6. The Balaban J connectivity index is 1.18. The summed E-state index contributed by atoms with van der Waals surface area (Å²) in [5.41, 5.74) is 14.4. The minimum Gasteiger partial charge on any atom is -0.454 e. The Hall–Kier alpha value is -10.5. The quantitative estimate of drug-likeness (QED) is 0.156. The minimum atomic E-state index is 0.380. The van der Waals surface area contributed by atoms with Crippen molar-refractivity contribution in [3.05, 3.63) is 260 Å². The van der Waals surface area contributed by atoms with E-state index < -0.39 is 0 Å². The lowest BCUT2D eigenvalue weighted by Crippen LogP contribution is -2.09. The summed E-state index contributed by atoms with van der Waals surface area (Å²) in [5, 5.41) is 23.4. The first-order chi connectivity index (χ1) is 40.1. The third kappa shape index (κ3) is 6.50. The molecule has 0 aliphatic rings. The van der Waals surface area contributed by atoms with E-state index in [-0.39, 0.29) is 0 Å². The van der Waals surface area contributed by atoms with E-state index in [1.807, 2.05) is 24.3 Å². The molecule has 0 N–H and O–H groups in total. The zero-order valence-corrected chi connectivity index (χ0v) is 44.7. The van der Waals surface area contributed by atoms with Crippen molar-refractivity contribution in [3.63, 3.8) is 0 Å². The number of benzene rings is 12. The average Bonchev–Trinajstić information content (AvgIpc) is 4.46. The highest BCUT2D eigenvalue weighted by Crippen LogP contribution is 2.56. The van der Waals surface area contributed by atoms with Crippen molar-refractivity contribution in [1.82, 2.24) is 9.13 Å². The molecule has 0 atom stereocenters. The van der Waals surface area contributed by atoms with E-state index in [0.717, 1.165) is 125 Å². The van der Waals surface area contributed by atoms with Crippen molar-refractivity contribution in [2.75, 3.05) is 0 Å². The lowest BCUT2D eigenvalue weighted by atomic mass is 9.87. The van der Waals surface area contributed by atoms with Crippen LogP contribution in [0.4, 0.5) is 5.69 Å². The fourth-order valence-corrected chi connectivity index (χ4v) is 15.6. The van der Waals surface area contributed by atoms with Gasteiger partial charge in [0.25, 0.3) is 0 Å². The minimum absolute atomic E-state index is 0.380. The summed E-state index contributed by atoms with van der Waals surface area (Å²) in [7, 11) is 0. The van der Waals surface area contributed by atoms with Gasteiger partial charge in [-0.2, -0.15) is 5.26 Å². The average molecular weight is 1070 g/mol. The molecule has 0 aliphatic carbocycles. The van der Waals surface area contributed by atoms with Crippen LogP contribution in [0.3, 0.4) is 0 Å². The molecule has 17 aromatic rings. The third-order valence-corrected chi connectivity index (χ3v) is 19.0. The van der Waals surface area contributed by atoms with E-state index in [1.165, 1.54) is 20.2 Å². The van der Waals surface area contributed by atoms with Gasteiger partial charge in [-0.15, -0.1) is 22.7 Å². The summed E-state index contributed by atoms with van der Waals surface area (Å²) in [6, 6.07) is 88.4. The van der Waals surface area contributed by atoms with Gasteiger partial charge in [0.05, 0.1) is 55.0 Å². The summed E-state index contributed by atoms with van der Waals surface area (Å²) < 4.78 is 16.5. The second kappa shape index (κ2) is 17.5. The zero-order valence-electron chi connectivity index (χ0n) is 43.1. The molecule has 5 aromatic heterocycles. The SMILES string of the molecule is [C-]#[N+]c1c(-c2cccc(-c3ccccc3)c2)c(C#N)c(-n2c3ccccc3c3ccc4c5ccccc5oc4c32)c(-c2cccc(-c3ccccc3)c2)c1-n1c2c(ccc3c4ccccc4sc32)c2ccc3c4ccccc4sc3c21. The number of aromatic nitrogens is 2. The fourth-order valence-electron chi connectivity index (χ4n) is 13.1. The van der Waals surface area contributed by atoms with Crippen LogP contribution in [0.1, 0.15) is 5.56 Å². The number of hydrogen-bond acceptors (Lipinski definition) is 4. The lowest BCUT2D eigenvalue weighted by molar-refractivity contribution is 0.671. The number of hydrogen-bond donors (Lipinski definition) is 0. The van der Waals surface area contributed by atoms with Crippen LogP contribution in [0.2, 0.25) is 0 Å². The van der Waals surface area contributed by atoms with Crippen molar-refractivity contribution >= 4 is 134 Å². The number of rotatable bonds is 6. The van der Waals surface area contributed by atoms with Crippen LogP contribution >= 0.6 is 22.7 Å². The van der Waals surface area contributed by atoms with E-state index in [9.17, 15) is 11.8 Å². The summed E-state index contributed by atoms with van der Waals surface area (Å²) in [4.78, 5) is 4.82. The molecular formula is C74H40N4OS2. The maximum atomic E-state index is 12.6. The van der Waals surface area contributed by atoms with Crippen molar-refractivity contribution < 1.29 is 4.42 Å². The molecule has 0 bridgehead atoms. The number of fused-ring (bicyclic) bond motifs is 18. The van der Waals surface area contributed by atoms with Crippen molar-refractivity contribution in [2.24, 2.45) is 0 Å². The van der Waals surface area contributed by atoms with Crippen LogP contribution in [0, 0.1) is 17.9 Å². The number of nitrogens with zero attached hydrogens (tertiary/aromatic N) is 4. The lowest BCUT2D eigenvalue weighted by Gasteiger charge is -2.26. The molecule has 5 heterocycles. The van der Waals surface area contributed by atoms with Gasteiger partial charge in [0.2, 0.25) is 5.69 Å². The Morgan fingerprint density at radius 2 is 0.852 bits per heavy atom. The Morgan fingerprint density at radius 1 is 0.383 bits per heavy atom. The van der Waals surface area contributed by atoms with Crippen LogP contribution in [0.25, 0.3) is 167 Å². The molecular weight excluding hydrogens is 1020 g/mol. The van der Waals surface area contributed by atoms with Gasteiger partial charge in [0.15, 0.2) is 5.58 Å². The second-order valence-corrected chi connectivity index (χ2v) is 22.9. The van der Waals surface area contributed by atoms with E-state index in [1.54, 1.807) is 22.7 Å². The van der Waals surface area contributed by atoms with E-state index in [2.05, 4.69) is 234 Å². The Bertz CT molecular complexity index is 5500. The molecule has 0 aliphatic heterocycles. The molecule has 81 heavy (non-hydrogen) atoms. The highest BCUT2D eigenvalue weighted by atomic mass is 32.1. The molecule has 0 spiro atoms. The summed E-state index contributed by atoms with van der Waals surface area (Å²) >= 11 is 3.58. The van der Waals surface area contributed by atoms with Gasteiger partial charge in [0, 0.05) is 74.4 Å². The van der Waals surface area contributed by atoms with Crippen LogP contribution in [0.5, 0.6) is 0 Å². The molecule has 7 heteroatoms. The topological polar surface area (TPSA) is 51.1 Å². The second-order valence-electron chi connectivity index (χ2n) is 20.8. The standard InChI is InChI=1S/C74H40N4OS2/c1-76-66-64(47-24-16-22-45(40-47)43-18-4-2-5-19-43)59(42-75)67(77-60-30-12-8-26-49(60)53-34-37-56-50-27-9-13-31-61(50)79-72(56)68(53)77)65(48-25-17-23-46(41-48)44-20-6-3-7-21-44)71(66)78-69-54(35-38-57-51-28-10-14-32-62(51)80-73(57)69)55-36-39-58-52-29-11-15-33-63(52)81-74(58)70(55)78/h2-41H. The van der Waals surface area contributed by atoms with Crippen LogP contribution in [0.15, 0.2) is 247 Å². The van der Waals surface area contributed by atoms with Gasteiger partial charge in [-0.1, -0.05) is 200 Å². The monoisotopic (exact) mass is 1060 g/mol. The Labute approximate surface area is 471 Å². The third-order valence-electron chi connectivity index (χ3n) is 16.6. The number of furan rings is 1. The van der Waals surface area contributed by atoms with Gasteiger partial charge >= 0.3 is 0 Å². The number of thiophene rings is 2. The van der Waals surface area contributed by atoms with Crippen LogP contribution in [-0.4, -0.2) is 9.13 Å². The molecule has 12 aromatic carbocycles. The van der Waals surface area contributed by atoms with Gasteiger partial charge in [-0.3, -0.25) is 0 Å². The molecule has 0 radical (unpaired) electrons. The van der Waals surface area contributed by atoms with Crippen LogP contribution < -0.4 is 0 Å². The molecule has 0 saturated carbocycles.